The number of hydrogen-bond donors (Lipinski definition) is 0. The van der Waals surface area contributed by atoms with E-state index in [1.807, 2.05) is 0 Å². The van der Waals surface area contributed by atoms with Crippen LogP contribution in [0.4, 0.5) is 0 Å². The molecule has 2 unspecified atom stereocenters. The molecule has 0 spiro atoms. The van der Waals surface area contributed by atoms with Crippen LogP contribution in [0, 0.1) is 0 Å². The lowest BCUT2D eigenvalue weighted by molar-refractivity contribution is 0.950. The van der Waals surface area contributed by atoms with E-state index >= 15 is 0 Å². The topological polar surface area (TPSA) is 0 Å². The third-order valence-electron chi connectivity index (χ3n) is 1.66. The van der Waals surface area contributed by atoms with E-state index in [4.69, 9.17) is 0 Å². The molecule has 0 aromatic heterocycles. The lowest BCUT2D eigenvalue weighted by Gasteiger charge is -2.06. The van der Waals surface area contributed by atoms with Gasteiger partial charge in [0.2, 0.25) is 0 Å². The summed E-state index contributed by atoms with van der Waals surface area (Å²) in [6, 6.07) is 0. The van der Waals surface area contributed by atoms with Gasteiger partial charge >= 0.3 is 0 Å². The maximum Gasteiger partial charge on any atom is -0.00230 e. The third kappa shape index (κ3) is 5.32. The first-order valence-corrected chi connectivity index (χ1v) is 5.00. The second-order valence-electron chi connectivity index (χ2n) is 3.19. The zero-order valence-corrected chi connectivity index (χ0v) is 9.46. The maximum atomic E-state index is 3.99. The first kappa shape index (κ1) is 11.6. The molecule has 0 amide bonds. The number of rotatable bonds is 4. The zero-order valence-electron chi connectivity index (χ0n) is 8.30. The van der Waals surface area contributed by atoms with Gasteiger partial charge in [-0.05, 0) is 31.5 Å². The van der Waals surface area contributed by atoms with Crippen molar-refractivity contribution >= 4 is 9.24 Å². The molecule has 0 aliphatic carbocycles. The Morgan fingerprint density at radius 3 is 2.50 bits per heavy atom. The lowest BCUT2D eigenvalue weighted by Crippen LogP contribution is -1.95. The molecule has 68 valence electrons. The third-order valence-corrected chi connectivity index (χ3v) is 2.56. The molecule has 0 aromatic rings. The van der Waals surface area contributed by atoms with E-state index < -0.39 is 0 Å². The molecule has 0 nitrogen and oxygen atoms in total. The summed E-state index contributed by atoms with van der Waals surface area (Å²) >= 11 is 0. The summed E-state index contributed by atoms with van der Waals surface area (Å²) < 4.78 is 0. The van der Waals surface area contributed by atoms with Crippen LogP contribution in [0.5, 0.6) is 0 Å². The molecule has 1 heteroatoms. The molecule has 0 fully saturated rings. The molecule has 12 heavy (non-hydrogen) atoms. The van der Waals surface area contributed by atoms with Gasteiger partial charge in [0, 0.05) is 0 Å². The van der Waals surface area contributed by atoms with Crippen molar-refractivity contribution in [1.82, 2.24) is 0 Å². The smallest absolute Gasteiger partial charge is 0.00230 e. The van der Waals surface area contributed by atoms with Crippen LogP contribution in [0.3, 0.4) is 0 Å². The van der Waals surface area contributed by atoms with Crippen LogP contribution >= 0.6 is 9.24 Å². The average Bonchev–Trinajstić information content (AvgIpc) is 2.02. The highest BCUT2D eigenvalue weighted by Crippen LogP contribution is 2.15. The van der Waals surface area contributed by atoms with Gasteiger partial charge in [-0.25, -0.2) is 0 Å². The maximum absolute atomic E-state index is 3.99. The molecule has 0 rings (SSSR count). The molecule has 0 saturated carbocycles. The molecule has 2 atom stereocenters. The van der Waals surface area contributed by atoms with Gasteiger partial charge in [0.1, 0.15) is 0 Å². The van der Waals surface area contributed by atoms with Gasteiger partial charge in [-0.1, -0.05) is 37.3 Å². The van der Waals surface area contributed by atoms with Crippen molar-refractivity contribution in [3.8, 4) is 0 Å². The highest BCUT2D eigenvalue weighted by molar-refractivity contribution is 7.18. The minimum absolute atomic E-state index is 0.520. The second kappa shape index (κ2) is 6.20. The highest BCUT2D eigenvalue weighted by Gasteiger charge is 1.98. The Kier molecular flexibility index (Phi) is 6.02. The summed E-state index contributed by atoms with van der Waals surface area (Å²) in [6.45, 7) is 10.3. The predicted octanol–water partition coefficient (Wildman–Crippen LogP) is 3.72. The summed E-state index contributed by atoms with van der Waals surface area (Å²) in [4.78, 5) is 0. The standard InChI is InChI=1S/C11H19P/c1-5-11(12)10(4)8-6-7-9(2)3/h6-8,11H,4-5,12H2,1-3H3/b8-6-. The van der Waals surface area contributed by atoms with E-state index in [9.17, 15) is 0 Å². The van der Waals surface area contributed by atoms with Gasteiger partial charge in [-0.2, -0.15) is 0 Å². The number of hydrogen-bond acceptors (Lipinski definition) is 0. The van der Waals surface area contributed by atoms with Crippen molar-refractivity contribution in [3.63, 3.8) is 0 Å². The van der Waals surface area contributed by atoms with Gasteiger partial charge in [0.15, 0.2) is 0 Å². The van der Waals surface area contributed by atoms with Crippen molar-refractivity contribution in [2.45, 2.75) is 32.9 Å². The molecule has 0 N–H and O–H groups in total. The van der Waals surface area contributed by atoms with Crippen LogP contribution in [0.15, 0.2) is 36.0 Å². The van der Waals surface area contributed by atoms with Crippen LogP contribution in [-0.4, -0.2) is 5.66 Å². The minimum Gasteiger partial charge on any atom is -0.130 e. The predicted molar refractivity (Wildman–Crippen MR) is 61.5 cm³/mol. The van der Waals surface area contributed by atoms with Crippen LogP contribution in [-0.2, 0) is 0 Å². The Morgan fingerprint density at radius 1 is 1.50 bits per heavy atom. The Bertz CT molecular complexity index is 195. The molecule has 0 aliphatic rings. The quantitative estimate of drug-likeness (QED) is 0.459. The van der Waals surface area contributed by atoms with Crippen molar-refractivity contribution in [1.29, 1.82) is 0 Å². The Hall–Kier alpha value is -0.350. The molecule has 0 saturated heterocycles. The van der Waals surface area contributed by atoms with E-state index in [1.165, 1.54) is 11.1 Å². The minimum atomic E-state index is 0.520. The lowest BCUT2D eigenvalue weighted by atomic mass is 10.1. The van der Waals surface area contributed by atoms with E-state index in [1.54, 1.807) is 0 Å². The molecule has 0 aromatic carbocycles. The molecular weight excluding hydrogens is 163 g/mol. The van der Waals surface area contributed by atoms with Crippen LogP contribution in [0.1, 0.15) is 27.2 Å². The Balaban J connectivity index is 4.00. The van der Waals surface area contributed by atoms with Crippen molar-refractivity contribution < 1.29 is 0 Å². The van der Waals surface area contributed by atoms with Gasteiger partial charge in [-0.3, -0.25) is 0 Å². The molecule has 0 bridgehead atoms. The van der Waals surface area contributed by atoms with E-state index in [0.717, 1.165) is 6.42 Å². The van der Waals surface area contributed by atoms with Gasteiger partial charge < -0.3 is 0 Å². The normalized spacial score (nSPS) is 13.0. The van der Waals surface area contributed by atoms with E-state index in [2.05, 4.69) is 54.8 Å². The molecule has 0 radical (unpaired) electrons. The molecule has 0 aliphatic heterocycles. The SMILES string of the molecule is C=C(/C=C\C=C(C)C)C(P)CC. The summed E-state index contributed by atoms with van der Waals surface area (Å²) in [5, 5.41) is 0. The molecule has 0 heterocycles. The fraction of sp³-hybridized carbons (Fsp3) is 0.455. The van der Waals surface area contributed by atoms with Gasteiger partial charge in [0.25, 0.3) is 0 Å². The first-order valence-electron chi connectivity index (χ1n) is 4.33. The summed E-state index contributed by atoms with van der Waals surface area (Å²) in [5.41, 5.74) is 3.02. The monoisotopic (exact) mass is 182 g/mol. The van der Waals surface area contributed by atoms with Gasteiger partial charge in [-0.15, -0.1) is 9.24 Å². The van der Waals surface area contributed by atoms with E-state index in [-0.39, 0.29) is 0 Å². The average molecular weight is 182 g/mol. The largest absolute Gasteiger partial charge is 0.130 e. The second-order valence-corrected chi connectivity index (χ2v) is 4.00. The van der Waals surface area contributed by atoms with Crippen molar-refractivity contribution in [2.75, 3.05) is 0 Å². The fourth-order valence-corrected chi connectivity index (χ4v) is 0.861. The van der Waals surface area contributed by atoms with Crippen molar-refractivity contribution in [2.24, 2.45) is 0 Å². The van der Waals surface area contributed by atoms with Crippen LogP contribution < -0.4 is 0 Å². The molecular formula is C11H19P. The van der Waals surface area contributed by atoms with Gasteiger partial charge in [0.05, 0.1) is 0 Å². The fourth-order valence-electron chi connectivity index (χ4n) is 0.750. The van der Waals surface area contributed by atoms with Crippen LogP contribution in [0.2, 0.25) is 0 Å². The number of allylic oxidation sites excluding steroid dienone is 5. The summed E-state index contributed by atoms with van der Waals surface area (Å²) in [5.74, 6) is 0. The summed E-state index contributed by atoms with van der Waals surface area (Å²) in [6.07, 6.45) is 7.36. The van der Waals surface area contributed by atoms with Crippen LogP contribution in [0.25, 0.3) is 0 Å². The first-order chi connectivity index (χ1) is 5.57. The zero-order chi connectivity index (χ0) is 9.56. The summed E-state index contributed by atoms with van der Waals surface area (Å²) in [7, 11) is 2.80. The highest BCUT2D eigenvalue weighted by atomic mass is 31.0. The van der Waals surface area contributed by atoms with Crippen molar-refractivity contribution in [3.05, 3.63) is 36.0 Å². The Labute approximate surface area is 78.6 Å². The Morgan fingerprint density at radius 2 is 2.08 bits per heavy atom. The van der Waals surface area contributed by atoms with E-state index in [0.29, 0.717) is 5.66 Å².